The molecule has 0 aromatic heterocycles. The Bertz CT molecular complexity index is 62.7. The predicted octanol–water partition coefficient (Wildman–Crippen LogP) is 0.270. The number of hydrogen-bond acceptors (Lipinski definition) is 1. The van der Waals surface area contributed by atoms with Crippen molar-refractivity contribution in [2.45, 2.75) is 6.42 Å². The molecule has 1 saturated heterocycles. The van der Waals surface area contributed by atoms with E-state index in [-0.39, 0.29) is 12.4 Å². The molecule has 7 heavy (non-hydrogen) atoms. The third-order valence-electron chi connectivity index (χ3n) is 1.04. The highest BCUT2D eigenvalue weighted by Gasteiger charge is 2.08. The summed E-state index contributed by atoms with van der Waals surface area (Å²) in [6.45, 7) is 1.95. The molecule has 42 valence electrons. The van der Waals surface area contributed by atoms with Gasteiger partial charge in [0.1, 0.15) is 0 Å². The lowest BCUT2D eigenvalue weighted by Crippen LogP contribution is -2.35. The van der Waals surface area contributed by atoms with Gasteiger partial charge in [-0.25, -0.2) is 0 Å². The maximum atomic E-state index is 9.71. The highest BCUT2D eigenvalue weighted by molar-refractivity contribution is 5.85. The maximum absolute atomic E-state index is 9.71. The first-order valence-electron chi connectivity index (χ1n) is 2.13. The van der Waals surface area contributed by atoms with Crippen molar-refractivity contribution in [1.29, 1.82) is 0 Å². The molecule has 1 heterocycles. The van der Waals surface area contributed by atoms with E-state index < -0.39 is 0 Å². The van der Waals surface area contributed by atoms with Gasteiger partial charge in [0.25, 0.3) is 0 Å². The molecule has 0 bridgehead atoms. The van der Waals surface area contributed by atoms with Gasteiger partial charge < -0.3 is 4.90 Å². The lowest BCUT2D eigenvalue weighted by Gasteiger charge is -2.25. The predicted molar refractivity (Wildman–Crippen MR) is 29.5 cm³/mol. The molecule has 1 aliphatic rings. The molecule has 1 aliphatic heterocycles. The van der Waals surface area contributed by atoms with E-state index in [9.17, 15) is 4.79 Å². The fourth-order valence-corrected chi connectivity index (χ4v) is 0.446. The molecule has 3 heteroatoms. The van der Waals surface area contributed by atoms with Crippen LogP contribution in [0.25, 0.3) is 0 Å². The van der Waals surface area contributed by atoms with Crippen LogP contribution in [0.15, 0.2) is 0 Å². The molecule has 0 N–H and O–H groups in total. The van der Waals surface area contributed by atoms with Gasteiger partial charge in [-0.2, -0.15) is 0 Å². The molecular formula is C4H8ClNO. The molecule has 0 saturated carbocycles. The van der Waals surface area contributed by atoms with Crippen molar-refractivity contribution in [2.75, 3.05) is 13.1 Å². The molecule has 1 amide bonds. The highest BCUT2D eigenvalue weighted by atomic mass is 35.5. The van der Waals surface area contributed by atoms with E-state index in [0.29, 0.717) is 0 Å². The zero-order valence-electron chi connectivity index (χ0n) is 3.96. The normalized spacial score (nSPS) is 16.9. The van der Waals surface area contributed by atoms with Crippen LogP contribution in [0.1, 0.15) is 6.42 Å². The number of carbonyl (C=O) groups excluding carboxylic acids is 1. The Balaban J connectivity index is 0.000000360. The van der Waals surface area contributed by atoms with Gasteiger partial charge in [-0.3, -0.25) is 4.79 Å². The summed E-state index contributed by atoms with van der Waals surface area (Å²) in [6, 6.07) is 0. The van der Waals surface area contributed by atoms with Gasteiger partial charge in [0.2, 0.25) is 6.41 Å². The van der Waals surface area contributed by atoms with Crippen molar-refractivity contribution < 1.29 is 4.79 Å². The Morgan fingerprint density at radius 3 is 2.00 bits per heavy atom. The van der Waals surface area contributed by atoms with Crippen LogP contribution >= 0.6 is 12.4 Å². The van der Waals surface area contributed by atoms with Gasteiger partial charge >= 0.3 is 0 Å². The Hall–Kier alpha value is -0.240. The summed E-state index contributed by atoms with van der Waals surface area (Å²) in [4.78, 5) is 11.5. The Labute approximate surface area is 48.9 Å². The van der Waals surface area contributed by atoms with Crippen molar-refractivity contribution in [2.24, 2.45) is 0 Å². The lowest BCUT2D eigenvalue weighted by atomic mass is 10.2. The molecule has 2 nitrogen and oxygen atoms in total. The molecule has 0 atom stereocenters. The summed E-state index contributed by atoms with van der Waals surface area (Å²) < 4.78 is 0. The second kappa shape index (κ2) is 2.86. The minimum absolute atomic E-state index is 0. The van der Waals surface area contributed by atoms with E-state index in [1.165, 1.54) is 6.42 Å². The first kappa shape index (κ1) is 6.76. The van der Waals surface area contributed by atoms with Crippen LogP contribution in [0.2, 0.25) is 0 Å². The van der Waals surface area contributed by atoms with E-state index in [2.05, 4.69) is 0 Å². The minimum Gasteiger partial charge on any atom is -0.345 e. The Morgan fingerprint density at radius 1 is 1.43 bits per heavy atom. The van der Waals surface area contributed by atoms with E-state index in [1.807, 2.05) is 0 Å². The molecule has 0 aliphatic carbocycles. The summed E-state index contributed by atoms with van der Waals surface area (Å²) in [6.07, 6.45) is 2.09. The third-order valence-corrected chi connectivity index (χ3v) is 1.04. The van der Waals surface area contributed by atoms with Crippen LogP contribution in [0.4, 0.5) is 0 Å². The molecule has 0 unspecified atom stereocenters. The fourth-order valence-electron chi connectivity index (χ4n) is 0.446. The first-order valence-corrected chi connectivity index (χ1v) is 2.13. The number of carbonyl (C=O) groups is 1. The number of likely N-dealkylation sites (tertiary alicyclic amines) is 1. The molecule has 0 aromatic carbocycles. The van der Waals surface area contributed by atoms with E-state index in [0.717, 1.165) is 19.5 Å². The summed E-state index contributed by atoms with van der Waals surface area (Å²) >= 11 is 0. The van der Waals surface area contributed by atoms with Crippen LogP contribution < -0.4 is 0 Å². The molecule has 1 fully saturated rings. The van der Waals surface area contributed by atoms with Crippen LogP contribution in [0.3, 0.4) is 0 Å². The molecule has 0 aromatic rings. The van der Waals surface area contributed by atoms with E-state index in [1.54, 1.807) is 4.90 Å². The van der Waals surface area contributed by atoms with E-state index >= 15 is 0 Å². The number of hydrogen-bond donors (Lipinski definition) is 0. The summed E-state index contributed by atoms with van der Waals surface area (Å²) in [5, 5.41) is 0. The summed E-state index contributed by atoms with van der Waals surface area (Å²) in [7, 11) is 0. The van der Waals surface area contributed by atoms with Gasteiger partial charge in [0.15, 0.2) is 0 Å². The first-order chi connectivity index (χ1) is 2.93. The topological polar surface area (TPSA) is 20.3 Å². The lowest BCUT2D eigenvalue weighted by molar-refractivity contribution is -0.121. The van der Waals surface area contributed by atoms with Crippen molar-refractivity contribution in [3.8, 4) is 0 Å². The summed E-state index contributed by atoms with van der Waals surface area (Å²) in [5.74, 6) is 0. The van der Waals surface area contributed by atoms with Crippen LogP contribution in [0.5, 0.6) is 0 Å². The van der Waals surface area contributed by atoms with Crippen molar-refractivity contribution in [1.82, 2.24) is 4.90 Å². The van der Waals surface area contributed by atoms with Crippen molar-refractivity contribution in [3.05, 3.63) is 0 Å². The Kier molecular flexibility index (Phi) is 2.76. The molecule has 0 spiro atoms. The molecule has 0 radical (unpaired) electrons. The zero-order valence-corrected chi connectivity index (χ0v) is 4.78. The highest BCUT2D eigenvalue weighted by Crippen LogP contribution is 1.99. The smallest absolute Gasteiger partial charge is 0.209 e. The SMILES string of the molecule is Cl.O=CN1CCC1. The van der Waals surface area contributed by atoms with Gasteiger partial charge in [0, 0.05) is 13.1 Å². The Morgan fingerprint density at radius 2 is 2.00 bits per heavy atom. The third kappa shape index (κ3) is 1.35. The van der Waals surface area contributed by atoms with Crippen molar-refractivity contribution in [3.63, 3.8) is 0 Å². The van der Waals surface area contributed by atoms with Gasteiger partial charge in [-0.1, -0.05) is 0 Å². The van der Waals surface area contributed by atoms with Gasteiger partial charge in [-0.15, -0.1) is 12.4 Å². The van der Waals surface area contributed by atoms with E-state index in [4.69, 9.17) is 0 Å². The minimum atomic E-state index is 0. The number of amides is 1. The van der Waals surface area contributed by atoms with Crippen molar-refractivity contribution >= 4 is 18.8 Å². The largest absolute Gasteiger partial charge is 0.345 e. The number of rotatable bonds is 1. The van der Waals surface area contributed by atoms with Crippen LogP contribution in [-0.4, -0.2) is 24.4 Å². The molecule has 1 rings (SSSR count). The van der Waals surface area contributed by atoms with Gasteiger partial charge in [0.05, 0.1) is 0 Å². The monoisotopic (exact) mass is 121 g/mol. The standard InChI is InChI=1S/C4H7NO.ClH/c6-4-5-2-1-3-5;/h4H,1-3H2;1H. The zero-order chi connectivity index (χ0) is 4.41. The maximum Gasteiger partial charge on any atom is 0.209 e. The van der Waals surface area contributed by atoms with Gasteiger partial charge in [-0.05, 0) is 6.42 Å². The quantitative estimate of drug-likeness (QED) is 0.456. The fraction of sp³-hybridized carbons (Fsp3) is 0.750. The molecular weight excluding hydrogens is 114 g/mol. The number of nitrogens with zero attached hydrogens (tertiary/aromatic N) is 1. The average Bonchev–Trinajstić information content (AvgIpc) is 1.31. The average molecular weight is 122 g/mol. The second-order valence-electron chi connectivity index (χ2n) is 1.49. The van der Waals surface area contributed by atoms with Crippen LogP contribution in [0, 0.1) is 0 Å². The second-order valence-corrected chi connectivity index (χ2v) is 1.49. The van der Waals surface area contributed by atoms with Crippen LogP contribution in [-0.2, 0) is 4.79 Å². The summed E-state index contributed by atoms with van der Waals surface area (Å²) in [5.41, 5.74) is 0. The number of halogens is 1.